The van der Waals surface area contributed by atoms with Crippen molar-refractivity contribution in [1.82, 2.24) is 5.32 Å². The van der Waals surface area contributed by atoms with Crippen molar-refractivity contribution in [1.29, 1.82) is 0 Å². The van der Waals surface area contributed by atoms with E-state index in [0.717, 1.165) is 0 Å². The van der Waals surface area contributed by atoms with Gasteiger partial charge in [-0.05, 0) is 31.3 Å². The molecule has 1 saturated heterocycles. The minimum Gasteiger partial charge on any atom is -0.384 e. The fourth-order valence-corrected chi connectivity index (χ4v) is 3.20. The first-order valence-electron chi connectivity index (χ1n) is 5.56. The summed E-state index contributed by atoms with van der Waals surface area (Å²) in [6.07, 6.45) is 13.1. The molecule has 0 aromatic heterocycles. The van der Waals surface area contributed by atoms with Gasteiger partial charge in [-0.25, -0.2) is 0 Å². The molecule has 1 N–H and O–H groups in total. The van der Waals surface area contributed by atoms with Crippen LogP contribution in [-0.2, 0) is 0 Å². The van der Waals surface area contributed by atoms with E-state index in [0.29, 0.717) is 5.41 Å². The molecule has 1 saturated carbocycles. The fraction of sp³-hybridized carbons (Fsp3) is 0.667. The number of nitrogens with one attached hydrogen (secondary N) is 1. The van der Waals surface area contributed by atoms with E-state index in [-0.39, 0.29) is 0 Å². The maximum absolute atomic E-state index is 3.58. The van der Waals surface area contributed by atoms with Crippen LogP contribution in [0.25, 0.3) is 0 Å². The van der Waals surface area contributed by atoms with Crippen LogP contribution in [0.4, 0.5) is 0 Å². The molecule has 0 radical (unpaired) electrons. The van der Waals surface area contributed by atoms with Crippen LogP contribution in [0.15, 0.2) is 23.4 Å². The number of hydrogen-bond donors (Lipinski definition) is 1. The van der Waals surface area contributed by atoms with Crippen LogP contribution < -0.4 is 5.32 Å². The molecule has 1 heteroatoms. The van der Waals surface area contributed by atoms with Gasteiger partial charge in [0.25, 0.3) is 0 Å². The smallest absolute Gasteiger partial charge is 0.0335 e. The number of allylic oxidation sites excluding steroid dienone is 3. The van der Waals surface area contributed by atoms with E-state index < -0.39 is 0 Å². The Bertz CT molecular complexity index is 279. The Morgan fingerprint density at radius 2 is 1.85 bits per heavy atom. The summed E-state index contributed by atoms with van der Waals surface area (Å²) in [5.41, 5.74) is 3.69. The minimum absolute atomic E-state index is 0.562. The Hall–Kier alpha value is -0.720. The van der Waals surface area contributed by atoms with Crippen LogP contribution in [0.1, 0.15) is 38.5 Å². The lowest BCUT2D eigenvalue weighted by molar-refractivity contribution is 0.404. The average Bonchev–Trinajstić information content (AvgIpc) is 2.78. The Labute approximate surface area is 79.9 Å². The van der Waals surface area contributed by atoms with Crippen molar-refractivity contribution in [2.24, 2.45) is 5.41 Å². The molecule has 0 bridgehead atoms. The first kappa shape index (κ1) is 7.66. The van der Waals surface area contributed by atoms with E-state index in [2.05, 4.69) is 17.5 Å². The van der Waals surface area contributed by atoms with Gasteiger partial charge in [0.1, 0.15) is 0 Å². The molecule has 0 aromatic carbocycles. The highest BCUT2D eigenvalue weighted by Gasteiger charge is 2.43. The molecule has 0 amide bonds. The zero-order chi connectivity index (χ0) is 8.73. The second kappa shape index (κ2) is 2.63. The second-order valence-electron chi connectivity index (χ2n) is 4.65. The van der Waals surface area contributed by atoms with Gasteiger partial charge in [0.2, 0.25) is 0 Å². The lowest BCUT2D eigenvalue weighted by Gasteiger charge is -2.24. The summed E-state index contributed by atoms with van der Waals surface area (Å²) >= 11 is 0. The number of hydrogen-bond acceptors (Lipinski definition) is 1. The summed E-state index contributed by atoms with van der Waals surface area (Å²) in [7, 11) is 0. The molecule has 3 aliphatic rings. The van der Waals surface area contributed by atoms with Crippen molar-refractivity contribution in [3.63, 3.8) is 0 Å². The summed E-state index contributed by atoms with van der Waals surface area (Å²) in [5.74, 6) is 0. The van der Waals surface area contributed by atoms with Crippen molar-refractivity contribution in [3.8, 4) is 0 Å². The van der Waals surface area contributed by atoms with Gasteiger partial charge in [-0.1, -0.05) is 25.0 Å². The normalized spacial score (nSPS) is 29.5. The highest BCUT2D eigenvalue weighted by Crippen LogP contribution is 2.50. The van der Waals surface area contributed by atoms with Gasteiger partial charge < -0.3 is 5.32 Å². The van der Waals surface area contributed by atoms with Gasteiger partial charge in [-0.15, -0.1) is 0 Å². The van der Waals surface area contributed by atoms with E-state index in [1.165, 1.54) is 50.8 Å². The Balaban J connectivity index is 2.00. The molecular weight excluding hydrogens is 158 g/mol. The summed E-state index contributed by atoms with van der Waals surface area (Å²) in [6.45, 7) is 1.21. The van der Waals surface area contributed by atoms with Crippen molar-refractivity contribution >= 4 is 0 Å². The van der Waals surface area contributed by atoms with Crippen LogP contribution in [0.3, 0.4) is 0 Å². The fourth-order valence-electron chi connectivity index (χ4n) is 3.20. The van der Waals surface area contributed by atoms with Gasteiger partial charge in [0.15, 0.2) is 0 Å². The predicted molar refractivity (Wildman–Crippen MR) is 54.3 cm³/mol. The molecule has 0 unspecified atom stereocenters. The van der Waals surface area contributed by atoms with Crippen molar-refractivity contribution in [2.45, 2.75) is 38.5 Å². The van der Waals surface area contributed by atoms with Crippen molar-refractivity contribution in [3.05, 3.63) is 23.4 Å². The van der Waals surface area contributed by atoms with E-state index >= 15 is 0 Å². The van der Waals surface area contributed by atoms with Gasteiger partial charge in [-0.3, -0.25) is 0 Å². The van der Waals surface area contributed by atoms with Gasteiger partial charge in [0, 0.05) is 17.7 Å². The van der Waals surface area contributed by atoms with Gasteiger partial charge >= 0.3 is 0 Å². The average molecular weight is 175 g/mol. The SMILES string of the molecule is C1=C2NCC3(CCCC3)C2=CCC1. The minimum atomic E-state index is 0.562. The van der Waals surface area contributed by atoms with Crippen LogP contribution in [0.5, 0.6) is 0 Å². The van der Waals surface area contributed by atoms with E-state index in [9.17, 15) is 0 Å². The summed E-state index contributed by atoms with van der Waals surface area (Å²) < 4.78 is 0. The molecule has 1 aliphatic heterocycles. The second-order valence-corrected chi connectivity index (χ2v) is 4.65. The molecule has 1 heterocycles. The van der Waals surface area contributed by atoms with Crippen LogP contribution in [0.2, 0.25) is 0 Å². The molecule has 0 aromatic rings. The quantitative estimate of drug-likeness (QED) is 0.597. The number of fused-ring (bicyclic) bond motifs is 2. The Morgan fingerprint density at radius 3 is 2.69 bits per heavy atom. The first-order valence-corrected chi connectivity index (χ1v) is 5.56. The standard InChI is InChI=1S/C12H17N/c1-2-6-11-10(5-1)12(9-13-11)7-3-4-8-12/h5-6,13H,1-4,7-9H2. The summed E-state index contributed by atoms with van der Waals surface area (Å²) in [6, 6.07) is 0. The van der Waals surface area contributed by atoms with E-state index in [1.807, 2.05) is 0 Å². The molecule has 13 heavy (non-hydrogen) atoms. The first-order chi connectivity index (χ1) is 6.41. The zero-order valence-corrected chi connectivity index (χ0v) is 8.10. The Kier molecular flexibility index (Phi) is 1.55. The highest BCUT2D eigenvalue weighted by atomic mass is 15.0. The molecular formula is C12H17N. The van der Waals surface area contributed by atoms with E-state index in [1.54, 1.807) is 5.57 Å². The predicted octanol–water partition coefficient (Wildman–Crippen LogP) is 2.75. The van der Waals surface area contributed by atoms with Crippen molar-refractivity contribution in [2.75, 3.05) is 6.54 Å². The lowest BCUT2D eigenvalue weighted by Crippen LogP contribution is -2.20. The van der Waals surface area contributed by atoms with Crippen LogP contribution >= 0.6 is 0 Å². The van der Waals surface area contributed by atoms with Crippen LogP contribution in [0, 0.1) is 5.41 Å². The Morgan fingerprint density at radius 1 is 1.08 bits per heavy atom. The third-order valence-corrected chi connectivity index (χ3v) is 3.90. The molecule has 70 valence electrons. The van der Waals surface area contributed by atoms with Crippen LogP contribution in [-0.4, -0.2) is 6.54 Å². The van der Waals surface area contributed by atoms with Gasteiger partial charge in [0.05, 0.1) is 0 Å². The maximum Gasteiger partial charge on any atom is 0.0335 e. The summed E-state index contributed by atoms with van der Waals surface area (Å²) in [4.78, 5) is 0. The largest absolute Gasteiger partial charge is 0.384 e. The monoisotopic (exact) mass is 175 g/mol. The third kappa shape index (κ3) is 0.993. The maximum atomic E-state index is 3.58. The zero-order valence-electron chi connectivity index (χ0n) is 8.10. The topological polar surface area (TPSA) is 12.0 Å². The molecule has 3 rings (SSSR count). The van der Waals surface area contributed by atoms with Gasteiger partial charge in [-0.2, -0.15) is 0 Å². The molecule has 1 spiro atoms. The third-order valence-electron chi connectivity index (χ3n) is 3.90. The molecule has 0 atom stereocenters. The van der Waals surface area contributed by atoms with Crippen molar-refractivity contribution < 1.29 is 0 Å². The molecule has 2 aliphatic carbocycles. The number of rotatable bonds is 0. The van der Waals surface area contributed by atoms with E-state index in [4.69, 9.17) is 0 Å². The summed E-state index contributed by atoms with van der Waals surface area (Å²) in [5, 5.41) is 3.58. The molecule has 2 fully saturated rings. The highest BCUT2D eigenvalue weighted by molar-refractivity contribution is 5.43. The lowest BCUT2D eigenvalue weighted by atomic mass is 9.78. The molecule has 1 nitrogen and oxygen atoms in total.